The summed E-state index contributed by atoms with van der Waals surface area (Å²) >= 11 is 0.982. The van der Waals surface area contributed by atoms with E-state index in [4.69, 9.17) is 4.74 Å². The topological polar surface area (TPSA) is 61.9 Å². The van der Waals surface area contributed by atoms with Crippen molar-refractivity contribution in [3.05, 3.63) is 59.7 Å². The Bertz CT molecular complexity index is 1040. The van der Waals surface area contributed by atoms with Crippen molar-refractivity contribution in [1.82, 2.24) is 10.2 Å². The van der Waals surface area contributed by atoms with Crippen molar-refractivity contribution in [2.75, 3.05) is 37.7 Å². The molecule has 4 rings (SSSR count). The monoisotopic (exact) mass is 583 g/mol. The molecule has 34 heavy (non-hydrogen) atoms. The summed E-state index contributed by atoms with van der Waals surface area (Å²) in [6, 6.07) is 15.7. The predicted molar refractivity (Wildman–Crippen MR) is 135 cm³/mol. The summed E-state index contributed by atoms with van der Waals surface area (Å²) in [5, 5.41) is 2.24. The van der Waals surface area contributed by atoms with E-state index in [9.17, 15) is 18.4 Å². The number of ether oxygens (including phenoxy) is 1. The van der Waals surface area contributed by atoms with Crippen LogP contribution in [0.1, 0.15) is 30.9 Å². The maximum atomic E-state index is 13.8. The Morgan fingerprint density at radius 3 is 2.50 bits per heavy atom. The van der Waals surface area contributed by atoms with Crippen molar-refractivity contribution in [2.45, 2.75) is 35.7 Å². The van der Waals surface area contributed by atoms with E-state index in [1.165, 1.54) is 10.5 Å². The molecule has 2 amide bonds. The fourth-order valence-corrected chi connectivity index (χ4v) is 5.12. The zero-order chi connectivity index (χ0) is 24.3. The number of piperidine rings is 1. The molecule has 2 heterocycles. The quantitative estimate of drug-likeness (QED) is 0.376. The number of anilines is 1. The first-order chi connectivity index (χ1) is 16.2. The summed E-state index contributed by atoms with van der Waals surface area (Å²) < 4.78 is 29.2. The third-order valence-corrected chi connectivity index (χ3v) is 6.86. The molecule has 6 nitrogen and oxygen atoms in total. The lowest BCUT2D eigenvalue weighted by Gasteiger charge is -2.39. The molecule has 0 aliphatic carbocycles. The maximum absolute atomic E-state index is 13.8. The number of likely N-dealkylation sites (tertiary alicyclic amines) is 1. The van der Waals surface area contributed by atoms with Crippen molar-refractivity contribution in [3.63, 3.8) is 0 Å². The van der Waals surface area contributed by atoms with Crippen molar-refractivity contribution in [3.8, 4) is 5.75 Å². The van der Waals surface area contributed by atoms with E-state index in [0.717, 1.165) is 47.8 Å². The second-order valence-corrected chi connectivity index (χ2v) is 10.3. The van der Waals surface area contributed by atoms with Crippen LogP contribution in [0.5, 0.6) is 5.75 Å². The van der Waals surface area contributed by atoms with Gasteiger partial charge in [-0.1, -0.05) is 36.4 Å². The number of benzene rings is 2. The molecule has 2 aromatic carbocycles. The van der Waals surface area contributed by atoms with Gasteiger partial charge in [-0.2, -0.15) is 8.78 Å². The van der Waals surface area contributed by atoms with E-state index in [1.54, 1.807) is 12.1 Å². The van der Waals surface area contributed by atoms with E-state index in [1.807, 2.05) is 31.2 Å². The molecule has 0 atom stereocenters. The normalized spacial score (nSPS) is 17.6. The number of halogens is 3. The summed E-state index contributed by atoms with van der Waals surface area (Å²) in [6.07, 6.45) is 1.19. The van der Waals surface area contributed by atoms with Gasteiger partial charge in [0.1, 0.15) is 12.3 Å². The van der Waals surface area contributed by atoms with E-state index in [-0.39, 0.29) is 12.5 Å². The van der Waals surface area contributed by atoms with Crippen LogP contribution in [-0.2, 0) is 21.5 Å². The van der Waals surface area contributed by atoms with Gasteiger partial charge in [0.05, 0.1) is 24.3 Å². The lowest BCUT2D eigenvalue weighted by molar-refractivity contribution is -0.127. The first-order valence-corrected chi connectivity index (χ1v) is 12.5. The smallest absolute Gasteiger partial charge is 0.313 e. The molecular formula is C25H28F2IN3O3. The molecule has 9 heteroatoms. The van der Waals surface area contributed by atoms with Crippen LogP contribution in [0.2, 0.25) is 0 Å². The van der Waals surface area contributed by atoms with E-state index in [2.05, 4.69) is 22.3 Å². The van der Waals surface area contributed by atoms with E-state index < -0.39 is 21.8 Å². The number of carbonyl (C=O) groups excluding carboxylic acids is 2. The molecule has 0 saturated carbocycles. The Hall–Kier alpha value is -2.27. The van der Waals surface area contributed by atoms with Crippen molar-refractivity contribution >= 4 is 40.1 Å². The van der Waals surface area contributed by atoms with Gasteiger partial charge in [-0.25, -0.2) is 0 Å². The fourth-order valence-electron chi connectivity index (χ4n) is 4.93. The van der Waals surface area contributed by atoms with Crippen LogP contribution in [0.15, 0.2) is 48.5 Å². The first-order valence-electron chi connectivity index (χ1n) is 11.4. The Kier molecular flexibility index (Phi) is 7.42. The predicted octanol–water partition coefficient (Wildman–Crippen LogP) is 4.11. The summed E-state index contributed by atoms with van der Waals surface area (Å²) in [4.78, 5) is 30.0. The molecule has 1 fully saturated rings. The van der Waals surface area contributed by atoms with E-state index >= 15 is 0 Å². The standard InChI is InChI=1S/C25H28F2IN3O3/c1-2-34-20-10-6-9-19-22(20)24(23(33)31(19)16-21(32)29-17-25(26,27)28)11-13-30(14-12-24)15-18-7-4-3-5-8-18/h3-10H,2,11-17H2,1H3,(H,29,32). The van der Waals surface area contributed by atoms with E-state index in [0.29, 0.717) is 30.9 Å². The highest BCUT2D eigenvalue weighted by molar-refractivity contribution is 14.1. The molecular weight excluding hydrogens is 555 g/mol. The molecule has 2 aliphatic heterocycles. The summed E-state index contributed by atoms with van der Waals surface area (Å²) in [7, 11) is 0. The highest BCUT2D eigenvalue weighted by Crippen LogP contribution is 2.52. The number of fused-ring (bicyclic) bond motifs is 2. The van der Waals surface area contributed by atoms with Crippen molar-refractivity contribution < 1.29 is 23.1 Å². The lowest BCUT2D eigenvalue weighted by atomic mass is 9.73. The molecule has 0 bridgehead atoms. The Morgan fingerprint density at radius 1 is 1.15 bits per heavy atom. The van der Waals surface area contributed by atoms with Gasteiger partial charge in [0.15, 0.2) is 0 Å². The van der Waals surface area contributed by atoms with Crippen LogP contribution in [-0.4, -0.2) is 53.4 Å². The second kappa shape index (κ2) is 10.2. The number of carbonyl (C=O) groups is 2. The molecule has 1 N–H and O–H groups in total. The highest BCUT2D eigenvalue weighted by atomic mass is 127. The van der Waals surface area contributed by atoms with Crippen molar-refractivity contribution in [1.29, 1.82) is 0 Å². The average molecular weight is 583 g/mol. The first kappa shape index (κ1) is 24.8. The van der Waals surface area contributed by atoms with Crippen LogP contribution < -0.4 is 15.0 Å². The number of rotatable bonds is 8. The van der Waals surface area contributed by atoms with Crippen LogP contribution in [0, 0.1) is 0 Å². The van der Waals surface area contributed by atoms with Gasteiger partial charge in [0.25, 0.3) is 0 Å². The zero-order valence-corrected chi connectivity index (χ0v) is 21.2. The van der Waals surface area contributed by atoms with Gasteiger partial charge >= 0.3 is 3.93 Å². The maximum Gasteiger partial charge on any atom is 0.313 e. The molecule has 0 unspecified atom stereocenters. The molecule has 2 aromatic rings. The number of hydrogen-bond donors (Lipinski definition) is 1. The van der Waals surface area contributed by atoms with Crippen molar-refractivity contribution in [2.24, 2.45) is 0 Å². The van der Waals surface area contributed by atoms with Gasteiger partial charge in [0.2, 0.25) is 11.8 Å². The summed E-state index contributed by atoms with van der Waals surface area (Å²) in [5.41, 5.74) is 1.87. The summed E-state index contributed by atoms with van der Waals surface area (Å²) in [5.74, 6) is -0.132. The Morgan fingerprint density at radius 2 is 1.85 bits per heavy atom. The lowest BCUT2D eigenvalue weighted by Crippen LogP contribution is -2.50. The van der Waals surface area contributed by atoms with Gasteiger partial charge < -0.3 is 15.0 Å². The molecule has 1 saturated heterocycles. The highest BCUT2D eigenvalue weighted by Gasteiger charge is 2.54. The van der Waals surface area contributed by atoms with Gasteiger partial charge in [0, 0.05) is 34.7 Å². The van der Waals surface area contributed by atoms with Gasteiger partial charge in [-0.3, -0.25) is 14.5 Å². The van der Waals surface area contributed by atoms with Crippen LogP contribution in [0.4, 0.5) is 14.5 Å². The largest absolute Gasteiger partial charge is 0.493 e. The minimum Gasteiger partial charge on any atom is -0.493 e. The number of alkyl halides is 3. The minimum absolute atomic E-state index is 0.162. The zero-order valence-electron chi connectivity index (χ0n) is 19.0. The minimum atomic E-state index is -3.05. The fraction of sp³-hybridized carbons (Fsp3) is 0.440. The van der Waals surface area contributed by atoms with Crippen LogP contribution in [0.25, 0.3) is 0 Å². The Balaban J connectivity index is 1.57. The Labute approximate surface area is 211 Å². The van der Waals surface area contributed by atoms with Gasteiger partial charge in [-0.05, 0) is 50.6 Å². The number of nitrogens with one attached hydrogen (secondary N) is 1. The van der Waals surface area contributed by atoms with Crippen LogP contribution >= 0.6 is 22.6 Å². The average Bonchev–Trinajstić information content (AvgIpc) is 3.03. The third-order valence-electron chi connectivity index (χ3n) is 6.47. The SMILES string of the molecule is CCOc1cccc2c1C1(CCN(Cc3ccccc3)CC1)C(=O)N2CC(=O)NCC(F)(F)I. The third kappa shape index (κ3) is 5.19. The number of nitrogens with zero attached hydrogens (tertiary/aromatic N) is 2. The van der Waals surface area contributed by atoms with Crippen LogP contribution in [0.3, 0.4) is 0 Å². The van der Waals surface area contributed by atoms with Gasteiger partial charge in [-0.15, -0.1) is 0 Å². The molecule has 0 aromatic heterocycles. The molecule has 2 aliphatic rings. The molecule has 0 radical (unpaired) electrons. The number of hydrogen-bond acceptors (Lipinski definition) is 4. The second-order valence-electron chi connectivity index (χ2n) is 8.71. The summed E-state index contributed by atoms with van der Waals surface area (Å²) in [6.45, 7) is 3.52. The number of amides is 2. The molecule has 182 valence electrons. The molecule has 1 spiro atoms.